The predicted molar refractivity (Wildman–Crippen MR) is 67.3 cm³/mol. The van der Waals surface area contributed by atoms with Crippen LogP contribution in [0.25, 0.3) is 0 Å². The Morgan fingerprint density at radius 2 is 2.06 bits per heavy atom. The van der Waals surface area contributed by atoms with Gasteiger partial charge in [0.05, 0.1) is 6.61 Å². The van der Waals surface area contributed by atoms with Crippen LogP contribution in [0.3, 0.4) is 0 Å². The molecule has 2 aromatic rings. The van der Waals surface area contributed by atoms with Crippen molar-refractivity contribution in [2.75, 3.05) is 12.4 Å². The van der Waals surface area contributed by atoms with E-state index in [4.69, 9.17) is 4.74 Å². The molecular formula is C11H11FN2OS2. The lowest BCUT2D eigenvalue weighted by Gasteiger charge is -2.04. The molecule has 0 radical (unpaired) electrons. The maximum absolute atomic E-state index is 12.6. The van der Waals surface area contributed by atoms with E-state index in [0.29, 0.717) is 12.4 Å². The van der Waals surface area contributed by atoms with Crippen LogP contribution in [0, 0.1) is 12.7 Å². The SMILES string of the molecule is Cc1nnc(SCCOc2ccc(F)cc2)s1. The van der Waals surface area contributed by atoms with E-state index in [9.17, 15) is 4.39 Å². The zero-order valence-electron chi connectivity index (χ0n) is 9.22. The van der Waals surface area contributed by atoms with E-state index >= 15 is 0 Å². The summed E-state index contributed by atoms with van der Waals surface area (Å²) in [6, 6.07) is 6.01. The first-order valence-corrected chi connectivity index (χ1v) is 6.85. The summed E-state index contributed by atoms with van der Waals surface area (Å²) < 4.78 is 19.0. The number of thioether (sulfide) groups is 1. The fraction of sp³-hybridized carbons (Fsp3) is 0.273. The molecule has 0 N–H and O–H groups in total. The van der Waals surface area contributed by atoms with Crippen LogP contribution >= 0.6 is 23.1 Å². The van der Waals surface area contributed by atoms with Crippen molar-refractivity contribution in [3.05, 3.63) is 35.1 Å². The van der Waals surface area contributed by atoms with E-state index in [1.54, 1.807) is 35.2 Å². The van der Waals surface area contributed by atoms with Gasteiger partial charge in [0.2, 0.25) is 0 Å². The first kappa shape index (κ1) is 12.3. The average Bonchev–Trinajstić information content (AvgIpc) is 2.73. The highest BCUT2D eigenvalue weighted by molar-refractivity contribution is 8.01. The fourth-order valence-electron chi connectivity index (χ4n) is 1.16. The van der Waals surface area contributed by atoms with Crippen LogP contribution in [0.5, 0.6) is 5.75 Å². The minimum Gasteiger partial charge on any atom is -0.493 e. The number of halogens is 1. The first-order chi connectivity index (χ1) is 8.24. The van der Waals surface area contributed by atoms with E-state index in [1.165, 1.54) is 12.1 Å². The average molecular weight is 270 g/mol. The van der Waals surface area contributed by atoms with Crippen LogP contribution in [0.1, 0.15) is 5.01 Å². The molecule has 17 heavy (non-hydrogen) atoms. The molecule has 90 valence electrons. The van der Waals surface area contributed by atoms with Crippen LogP contribution < -0.4 is 4.74 Å². The first-order valence-electron chi connectivity index (χ1n) is 5.05. The summed E-state index contributed by atoms with van der Waals surface area (Å²) in [6.07, 6.45) is 0. The molecule has 6 heteroatoms. The van der Waals surface area contributed by atoms with Gasteiger partial charge >= 0.3 is 0 Å². The molecular weight excluding hydrogens is 259 g/mol. The van der Waals surface area contributed by atoms with Crippen molar-refractivity contribution in [2.45, 2.75) is 11.3 Å². The molecule has 3 nitrogen and oxygen atoms in total. The van der Waals surface area contributed by atoms with Gasteiger partial charge in [0, 0.05) is 5.75 Å². The molecule has 0 amide bonds. The summed E-state index contributed by atoms with van der Waals surface area (Å²) in [5.74, 6) is 1.22. The van der Waals surface area contributed by atoms with Crippen molar-refractivity contribution in [3.8, 4) is 5.75 Å². The Labute approximate surface area is 107 Å². The number of hydrogen-bond acceptors (Lipinski definition) is 5. The molecule has 0 atom stereocenters. The van der Waals surface area contributed by atoms with Gasteiger partial charge in [0.1, 0.15) is 16.6 Å². The van der Waals surface area contributed by atoms with Crippen LogP contribution in [-0.2, 0) is 0 Å². The second-order valence-electron chi connectivity index (χ2n) is 3.24. The molecule has 1 aromatic heterocycles. The normalized spacial score (nSPS) is 10.5. The van der Waals surface area contributed by atoms with Gasteiger partial charge in [0.25, 0.3) is 0 Å². The number of benzene rings is 1. The number of aryl methyl sites for hydroxylation is 1. The summed E-state index contributed by atoms with van der Waals surface area (Å²) in [5.41, 5.74) is 0. The van der Waals surface area contributed by atoms with Crippen molar-refractivity contribution in [2.24, 2.45) is 0 Å². The van der Waals surface area contributed by atoms with Crippen molar-refractivity contribution >= 4 is 23.1 Å². The van der Waals surface area contributed by atoms with Gasteiger partial charge in [-0.05, 0) is 31.2 Å². The van der Waals surface area contributed by atoms with E-state index in [2.05, 4.69) is 10.2 Å². The zero-order chi connectivity index (χ0) is 12.1. The van der Waals surface area contributed by atoms with Crippen molar-refractivity contribution < 1.29 is 9.13 Å². The van der Waals surface area contributed by atoms with Gasteiger partial charge in [-0.3, -0.25) is 0 Å². The Bertz CT molecular complexity index is 473. The maximum atomic E-state index is 12.6. The van der Waals surface area contributed by atoms with Gasteiger partial charge < -0.3 is 4.74 Å². The lowest BCUT2D eigenvalue weighted by Crippen LogP contribution is -1.99. The largest absolute Gasteiger partial charge is 0.493 e. The van der Waals surface area contributed by atoms with Crippen molar-refractivity contribution in [1.82, 2.24) is 10.2 Å². The van der Waals surface area contributed by atoms with Gasteiger partial charge in [-0.1, -0.05) is 23.1 Å². The van der Waals surface area contributed by atoms with Crippen molar-refractivity contribution in [1.29, 1.82) is 0 Å². The van der Waals surface area contributed by atoms with Crippen molar-refractivity contribution in [3.63, 3.8) is 0 Å². The standard InChI is InChI=1S/C11H11FN2OS2/c1-8-13-14-11(17-8)16-7-6-15-10-4-2-9(12)3-5-10/h2-5H,6-7H2,1H3. The van der Waals surface area contributed by atoms with Crippen LogP contribution in [0.4, 0.5) is 4.39 Å². The Hall–Kier alpha value is -1.14. The lowest BCUT2D eigenvalue weighted by molar-refractivity contribution is 0.343. The van der Waals surface area contributed by atoms with E-state index in [1.807, 2.05) is 6.92 Å². The summed E-state index contributed by atoms with van der Waals surface area (Å²) in [4.78, 5) is 0. The number of nitrogens with zero attached hydrogens (tertiary/aromatic N) is 2. The summed E-state index contributed by atoms with van der Waals surface area (Å²) in [7, 11) is 0. The molecule has 2 rings (SSSR count). The smallest absolute Gasteiger partial charge is 0.174 e. The van der Waals surface area contributed by atoms with E-state index in [-0.39, 0.29) is 5.82 Å². The van der Waals surface area contributed by atoms with Gasteiger partial charge in [0.15, 0.2) is 4.34 Å². The molecule has 1 aromatic carbocycles. The number of aromatic nitrogens is 2. The van der Waals surface area contributed by atoms with E-state index in [0.717, 1.165) is 15.1 Å². The zero-order valence-corrected chi connectivity index (χ0v) is 10.9. The second-order valence-corrected chi connectivity index (χ2v) is 5.76. The monoisotopic (exact) mass is 270 g/mol. The highest BCUT2D eigenvalue weighted by atomic mass is 32.2. The molecule has 0 aliphatic rings. The Balaban J connectivity index is 1.71. The molecule has 0 aliphatic heterocycles. The molecule has 0 spiro atoms. The molecule has 0 saturated carbocycles. The minimum absolute atomic E-state index is 0.254. The lowest BCUT2D eigenvalue weighted by atomic mass is 10.3. The predicted octanol–water partition coefficient (Wildman–Crippen LogP) is 3.16. The third-order valence-corrected chi connectivity index (χ3v) is 3.84. The Kier molecular flexibility index (Phi) is 4.33. The number of ether oxygens (including phenoxy) is 1. The third-order valence-electron chi connectivity index (χ3n) is 1.90. The minimum atomic E-state index is -0.254. The van der Waals surface area contributed by atoms with Gasteiger partial charge in [-0.15, -0.1) is 10.2 Å². The number of hydrogen-bond donors (Lipinski definition) is 0. The summed E-state index contributed by atoms with van der Waals surface area (Å²) in [6.45, 7) is 2.49. The second kappa shape index (κ2) is 5.97. The van der Waals surface area contributed by atoms with Crippen LogP contribution in [0.2, 0.25) is 0 Å². The third kappa shape index (κ3) is 3.98. The highest BCUT2D eigenvalue weighted by Crippen LogP contribution is 2.21. The van der Waals surface area contributed by atoms with E-state index < -0.39 is 0 Å². The number of rotatable bonds is 5. The molecule has 0 unspecified atom stereocenters. The van der Waals surface area contributed by atoms with Crippen LogP contribution in [0.15, 0.2) is 28.6 Å². The summed E-state index contributed by atoms with van der Waals surface area (Å²) in [5, 5.41) is 8.89. The quantitative estimate of drug-likeness (QED) is 0.617. The Morgan fingerprint density at radius 3 is 2.71 bits per heavy atom. The molecule has 0 saturated heterocycles. The fourth-order valence-corrected chi connectivity index (χ4v) is 2.86. The molecule has 0 aliphatic carbocycles. The molecule has 0 bridgehead atoms. The maximum Gasteiger partial charge on any atom is 0.174 e. The Morgan fingerprint density at radius 1 is 1.29 bits per heavy atom. The van der Waals surface area contributed by atoms with Gasteiger partial charge in [-0.2, -0.15) is 0 Å². The molecule has 0 fully saturated rings. The molecule has 1 heterocycles. The van der Waals surface area contributed by atoms with Gasteiger partial charge in [-0.25, -0.2) is 4.39 Å². The summed E-state index contributed by atoms with van der Waals surface area (Å²) >= 11 is 3.18. The van der Waals surface area contributed by atoms with Crippen LogP contribution in [-0.4, -0.2) is 22.6 Å². The highest BCUT2D eigenvalue weighted by Gasteiger charge is 2.01. The topological polar surface area (TPSA) is 35.0 Å².